The van der Waals surface area contributed by atoms with E-state index in [2.05, 4.69) is 23.4 Å². The average Bonchev–Trinajstić information content (AvgIpc) is 2.89. The summed E-state index contributed by atoms with van der Waals surface area (Å²) < 4.78 is 7.06. The molecule has 1 aromatic carbocycles. The van der Waals surface area contributed by atoms with Crippen molar-refractivity contribution in [3.05, 3.63) is 35.9 Å². The van der Waals surface area contributed by atoms with Crippen molar-refractivity contribution in [2.24, 2.45) is 13.0 Å². The number of nitrogens with zero attached hydrogens (tertiary/aromatic N) is 2. The Balaban J connectivity index is 1.69. The Morgan fingerprint density at radius 1 is 1.35 bits per heavy atom. The second kappa shape index (κ2) is 6.96. The number of aromatic nitrogens is 2. The highest BCUT2D eigenvalue weighted by molar-refractivity contribution is 5.90. The van der Waals surface area contributed by atoms with E-state index in [1.807, 2.05) is 31.3 Å². The van der Waals surface area contributed by atoms with Crippen LogP contribution < -0.4 is 5.32 Å². The van der Waals surface area contributed by atoms with Crippen molar-refractivity contribution >= 4 is 11.7 Å². The molecule has 0 saturated carbocycles. The number of rotatable bonds is 4. The van der Waals surface area contributed by atoms with Crippen LogP contribution in [0.3, 0.4) is 0 Å². The van der Waals surface area contributed by atoms with Crippen LogP contribution in [0.5, 0.6) is 0 Å². The predicted molar refractivity (Wildman–Crippen MR) is 90.2 cm³/mol. The molecular weight excluding hydrogens is 290 g/mol. The fraction of sp³-hybridized carbons (Fsp3) is 0.444. The lowest BCUT2D eigenvalue weighted by Crippen LogP contribution is -2.22. The molecular formula is C18H23N3O2. The molecule has 1 aliphatic heterocycles. The van der Waals surface area contributed by atoms with Crippen molar-refractivity contribution < 1.29 is 9.53 Å². The first kappa shape index (κ1) is 15.7. The molecule has 0 aliphatic carbocycles. The zero-order valence-corrected chi connectivity index (χ0v) is 13.7. The van der Waals surface area contributed by atoms with Crippen molar-refractivity contribution in [3.8, 4) is 11.3 Å². The van der Waals surface area contributed by atoms with E-state index in [1.54, 1.807) is 4.68 Å². The summed E-state index contributed by atoms with van der Waals surface area (Å²) in [4.78, 5) is 12.3. The second-order valence-corrected chi connectivity index (χ2v) is 6.16. The third kappa shape index (κ3) is 3.79. The number of amides is 1. The molecule has 3 rings (SSSR count). The first-order valence-electron chi connectivity index (χ1n) is 8.11. The number of nitrogens with one attached hydrogen (secondary N) is 1. The molecule has 1 amide bonds. The highest BCUT2D eigenvalue weighted by Crippen LogP contribution is 2.25. The van der Waals surface area contributed by atoms with E-state index in [1.165, 1.54) is 5.56 Å². The summed E-state index contributed by atoms with van der Waals surface area (Å²) in [6.07, 6.45) is 2.48. The van der Waals surface area contributed by atoms with E-state index in [9.17, 15) is 4.79 Å². The molecule has 5 nitrogen and oxygen atoms in total. The third-order valence-corrected chi connectivity index (χ3v) is 4.38. The van der Waals surface area contributed by atoms with Gasteiger partial charge >= 0.3 is 0 Å². The van der Waals surface area contributed by atoms with Gasteiger partial charge in [-0.3, -0.25) is 9.48 Å². The molecule has 0 unspecified atom stereocenters. The Morgan fingerprint density at radius 3 is 2.83 bits per heavy atom. The quantitative estimate of drug-likeness (QED) is 0.943. The van der Waals surface area contributed by atoms with Crippen LogP contribution in [0.15, 0.2) is 30.3 Å². The smallest absolute Gasteiger partial charge is 0.225 e. The summed E-state index contributed by atoms with van der Waals surface area (Å²) in [5, 5.41) is 7.51. The molecule has 122 valence electrons. The van der Waals surface area contributed by atoms with Gasteiger partial charge in [0.1, 0.15) is 5.82 Å². The normalized spacial score (nSPS) is 15.6. The zero-order chi connectivity index (χ0) is 16.2. The van der Waals surface area contributed by atoms with E-state index in [4.69, 9.17) is 4.74 Å². The molecule has 0 bridgehead atoms. The zero-order valence-electron chi connectivity index (χ0n) is 13.7. The maximum atomic E-state index is 12.3. The van der Waals surface area contributed by atoms with Gasteiger partial charge in [-0.25, -0.2) is 0 Å². The Morgan fingerprint density at radius 2 is 2.09 bits per heavy atom. The molecule has 5 heteroatoms. The van der Waals surface area contributed by atoms with E-state index in [0.29, 0.717) is 12.3 Å². The lowest BCUT2D eigenvalue weighted by molar-refractivity contribution is -0.117. The summed E-state index contributed by atoms with van der Waals surface area (Å²) in [5.41, 5.74) is 3.14. The van der Waals surface area contributed by atoms with E-state index in [-0.39, 0.29) is 5.91 Å². The highest BCUT2D eigenvalue weighted by atomic mass is 16.5. The Bertz CT molecular complexity index is 687. The fourth-order valence-corrected chi connectivity index (χ4v) is 2.98. The minimum Gasteiger partial charge on any atom is -0.381 e. The SMILES string of the molecule is Cc1ccccc1-c1cc(NC(=O)CC2CCOCC2)n(C)n1. The largest absolute Gasteiger partial charge is 0.381 e. The number of aryl methyl sites for hydroxylation is 2. The topological polar surface area (TPSA) is 56.1 Å². The highest BCUT2D eigenvalue weighted by Gasteiger charge is 2.18. The summed E-state index contributed by atoms with van der Waals surface area (Å²) in [6.45, 7) is 3.59. The van der Waals surface area contributed by atoms with Gasteiger partial charge in [0.2, 0.25) is 5.91 Å². The summed E-state index contributed by atoms with van der Waals surface area (Å²) >= 11 is 0. The molecule has 2 heterocycles. The van der Waals surface area contributed by atoms with Gasteiger partial charge in [-0.15, -0.1) is 0 Å². The molecule has 0 radical (unpaired) electrons. The van der Waals surface area contributed by atoms with Gasteiger partial charge in [0.15, 0.2) is 0 Å². The van der Waals surface area contributed by atoms with Crippen molar-refractivity contribution in [1.82, 2.24) is 9.78 Å². The number of ether oxygens (including phenoxy) is 1. The number of hydrogen-bond acceptors (Lipinski definition) is 3. The van der Waals surface area contributed by atoms with Crippen LogP contribution in [0.1, 0.15) is 24.8 Å². The van der Waals surface area contributed by atoms with Gasteiger partial charge in [0.05, 0.1) is 5.69 Å². The predicted octanol–water partition coefficient (Wildman–Crippen LogP) is 3.15. The van der Waals surface area contributed by atoms with E-state index >= 15 is 0 Å². The molecule has 0 atom stereocenters. The maximum Gasteiger partial charge on any atom is 0.225 e. The van der Waals surface area contributed by atoms with E-state index < -0.39 is 0 Å². The van der Waals surface area contributed by atoms with Crippen LogP contribution in [-0.2, 0) is 16.6 Å². The number of carbonyl (C=O) groups excluding carboxylic acids is 1. The molecule has 1 fully saturated rings. The first-order valence-corrected chi connectivity index (χ1v) is 8.11. The lowest BCUT2D eigenvalue weighted by Gasteiger charge is -2.21. The minimum atomic E-state index is 0.0521. The second-order valence-electron chi connectivity index (χ2n) is 6.16. The number of benzene rings is 1. The van der Waals surface area contributed by atoms with E-state index in [0.717, 1.165) is 43.1 Å². The molecule has 2 aromatic rings. The summed E-state index contributed by atoms with van der Waals surface area (Å²) in [6, 6.07) is 10.1. The molecule has 0 spiro atoms. The summed E-state index contributed by atoms with van der Waals surface area (Å²) in [5.74, 6) is 1.21. The van der Waals surface area contributed by atoms with Gasteiger partial charge in [0, 0.05) is 38.3 Å². The molecule has 23 heavy (non-hydrogen) atoms. The van der Waals surface area contributed by atoms with Crippen LogP contribution in [0.25, 0.3) is 11.3 Å². The van der Waals surface area contributed by atoms with Crippen molar-refractivity contribution in [3.63, 3.8) is 0 Å². The lowest BCUT2D eigenvalue weighted by atomic mass is 9.96. The average molecular weight is 313 g/mol. The van der Waals surface area contributed by atoms with Crippen LogP contribution in [-0.4, -0.2) is 28.9 Å². The number of hydrogen-bond donors (Lipinski definition) is 1. The third-order valence-electron chi connectivity index (χ3n) is 4.38. The van der Waals surface area contributed by atoms with Crippen LogP contribution >= 0.6 is 0 Å². The van der Waals surface area contributed by atoms with Crippen LogP contribution in [0, 0.1) is 12.8 Å². The van der Waals surface area contributed by atoms with Gasteiger partial charge in [-0.2, -0.15) is 5.10 Å². The fourth-order valence-electron chi connectivity index (χ4n) is 2.98. The Labute approximate surface area is 136 Å². The van der Waals surface area contributed by atoms with Gasteiger partial charge in [-0.1, -0.05) is 24.3 Å². The van der Waals surface area contributed by atoms with Crippen LogP contribution in [0.4, 0.5) is 5.82 Å². The number of anilines is 1. The Kier molecular flexibility index (Phi) is 4.76. The Hall–Kier alpha value is -2.14. The van der Waals surface area contributed by atoms with Crippen molar-refractivity contribution in [2.75, 3.05) is 18.5 Å². The van der Waals surface area contributed by atoms with Gasteiger partial charge in [-0.05, 0) is 31.2 Å². The van der Waals surface area contributed by atoms with Crippen LogP contribution in [0.2, 0.25) is 0 Å². The molecule has 1 aliphatic rings. The van der Waals surface area contributed by atoms with Crippen molar-refractivity contribution in [2.45, 2.75) is 26.2 Å². The monoisotopic (exact) mass is 313 g/mol. The minimum absolute atomic E-state index is 0.0521. The molecule has 1 N–H and O–H groups in total. The summed E-state index contributed by atoms with van der Waals surface area (Å²) in [7, 11) is 1.85. The maximum absolute atomic E-state index is 12.3. The first-order chi connectivity index (χ1) is 11.1. The standard InChI is InChI=1S/C18H23N3O2/c1-13-5-3-4-6-15(13)16-12-17(21(2)20-16)19-18(22)11-14-7-9-23-10-8-14/h3-6,12,14H,7-11H2,1-2H3,(H,19,22). The van der Waals surface area contributed by atoms with Gasteiger partial charge in [0.25, 0.3) is 0 Å². The molecule has 1 aromatic heterocycles. The molecule has 1 saturated heterocycles. The van der Waals surface area contributed by atoms with Crippen molar-refractivity contribution in [1.29, 1.82) is 0 Å². The number of carbonyl (C=O) groups is 1. The van der Waals surface area contributed by atoms with Gasteiger partial charge < -0.3 is 10.1 Å².